The lowest BCUT2D eigenvalue weighted by molar-refractivity contribution is 0.781. The van der Waals surface area contributed by atoms with Crippen molar-refractivity contribution in [3.05, 3.63) is 16.5 Å². The van der Waals surface area contributed by atoms with Gasteiger partial charge in [0, 0.05) is 25.5 Å². The maximum atomic E-state index is 5.20. The lowest BCUT2D eigenvalue weighted by Crippen LogP contribution is -2.06. The van der Waals surface area contributed by atoms with Gasteiger partial charge in [-0.2, -0.15) is 0 Å². The van der Waals surface area contributed by atoms with E-state index >= 15 is 0 Å². The van der Waals surface area contributed by atoms with Gasteiger partial charge in [-0.05, 0) is 35.2 Å². The van der Waals surface area contributed by atoms with Crippen molar-refractivity contribution in [1.29, 1.82) is 0 Å². The third-order valence-electron chi connectivity index (χ3n) is 2.27. The number of nitrogens with zero attached hydrogens (tertiary/aromatic N) is 2. The number of nitrogens with one attached hydrogen (secondary N) is 1. The van der Waals surface area contributed by atoms with Gasteiger partial charge in [0.25, 0.3) is 0 Å². The molecule has 0 fully saturated rings. The molecule has 3 nitrogen and oxygen atoms in total. The van der Waals surface area contributed by atoms with E-state index in [2.05, 4.69) is 44.1 Å². The summed E-state index contributed by atoms with van der Waals surface area (Å²) >= 11 is 3.40. The van der Waals surface area contributed by atoms with Crippen molar-refractivity contribution in [1.82, 2.24) is 9.97 Å². The number of hydrogen-bond donors (Lipinski definition) is 1. The average molecular weight is 296 g/mol. The second kappa shape index (κ2) is 8.08. The number of aromatic nitrogens is 2. The van der Waals surface area contributed by atoms with E-state index in [1.54, 1.807) is 0 Å². The molecule has 1 N–H and O–H groups in total. The fourth-order valence-corrected chi connectivity index (χ4v) is 1.88. The number of anilines is 1. The molecule has 0 unspecified atom stereocenters. The Morgan fingerprint density at radius 3 is 2.94 bits per heavy atom. The molecule has 0 aromatic carbocycles. The van der Waals surface area contributed by atoms with Crippen LogP contribution in [0.15, 0.2) is 10.7 Å². The molecule has 17 heavy (non-hydrogen) atoms. The molecule has 1 heterocycles. The molecule has 1 aromatic rings. The van der Waals surface area contributed by atoms with Crippen LogP contribution in [0.25, 0.3) is 0 Å². The van der Waals surface area contributed by atoms with Crippen LogP contribution in [-0.2, 0) is 6.42 Å². The second-order valence-corrected chi connectivity index (χ2v) is 4.64. The number of aryl methyl sites for hydroxylation is 1. The zero-order chi connectivity index (χ0) is 12.5. The molecule has 0 spiro atoms. The van der Waals surface area contributed by atoms with E-state index in [1.165, 1.54) is 0 Å². The molecule has 0 saturated carbocycles. The topological polar surface area (TPSA) is 37.8 Å². The summed E-state index contributed by atoms with van der Waals surface area (Å²) in [6.07, 6.45) is 10.1. The monoisotopic (exact) mass is 295 g/mol. The first-order valence-corrected chi connectivity index (χ1v) is 6.76. The van der Waals surface area contributed by atoms with Crippen molar-refractivity contribution in [2.75, 3.05) is 11.9 Å². The Morgan fingerprint density at radius 2 is 2.24 bits per heavy atom. The first-order valence-electron chi connectivity index (χ1n) is 5.97. The average Bonchev–Trinajstić information content (AvgIpc) is 2.28. The zero-order valence-electron chi connectivity index (χ0n) is 10.2. The predicted octanol–water partition coefficient (Wildman–Crippen LogP) is 3.41. The Balaban J connectivity index is 2.44. The smallest absolute Gasteiger partial charge is 0.132 e. The lowest BCUT2D eigenvalue weighted by Gasteiger charge is -2.07. The number of rotatable bonds is 7. The van der Waals surface area contributed by atoms with Gasteiger partial charge in [0.2, 0.25) is 0 Å². The van der Waals surface area contributed by atoms with Crippen molar-refractivity contribution in [3.63, 3.8) is 0 Å². The highest BCUT2D eigenvalue weighted by molar-refractivity contribution is 9.10. The number of hydrogen-bond acceptors (Lipinski definition) is 3. The highest BCUT2D eigenvalue weighted by atomic mass is 79.9. The van der Waals surface area contributed by atoms with Crippen molar-refractivity contribution >= 4 is 21.7 Å². The van der Waals surface area contributed by atoms with Crippen LogP contribution in [0.4, 0.5) is 5.82 Å². The highest BCUT2D eigenvalue weighted by Crippen LogP contribution is 2.13. The summed E-state index contributed by atoms with van der Waals surface area (Å²) in [5, 5.41) is 3.29. The summed E-state index contributed by atoms with van der Waals surface area (Å²) in [4.78, 5) is 8.77. The zero-order valence-corrected chi connectivity index (χ0v) is 11.8. The fraction of sp³-hybridized carbons (Fsp3) is 0.538. The third kappa shape index (κ3) is 5.69. The third-order valence-corrected chi connectivity index (χ3v) is 2.68. The molecule has 0 aliphatic carbocycles. The molecule has 0 saturated heterocycles. The van der Waals surface area contributed by atoms with Gasteiger partial charge in [0.05, 0.1) is 0 Å². The molecule has 0 atom stereocenters. The van der Waals surface area contributed by atoms with Gasteiger partial charge < -0.3 is 5.32 Å². The maximum Gasteiger partial charge on any atom is 0.132 e. The van der Waals surface area contributed by atoms with Gasteiger partial charge >= 0.3 is 0 Å². The first kappa shape index (κ1) is 14.0. The van der Waals surface area contributed by atoms with E-state index in [4.69, 9.17) is 6.42 Å². The standard InChI is InChI=1S/C13H18BrN3/c1-3-5-6-7-9-15-13-10-11(14)16-12(17-13)8-4-2/h1,10H,4-9H2,2H3,(H,15,16,17). The van der Waals surface area contributed by atoms with Crippen molar-refractivity contribution in [3.8, 4) is 12.3 Å². The minimum absolute atomic E-state index is 0.835. The molecule has 0 amide bonds. The maximum absolute atomic E-state index is 5.20. The van der Waals surface area contributed by atoms with E-state index < -0.39 is 0 Å². The van der Waals surface area contributed by atoms with Gasteiger partial charge in [-0.25, -0.2) is 9.97 Å². The normalized spacial score (nSPS) is 9.94. The summed E-state index contributed by atoms with van der Waals surface area (Å²) in [7, 11) is 0. The Labute approximate surface area is 112 Å². The van der Waals surface area contributed by atoms with Crippen molar-refractivity contribution < 1.29 is 0 Å². The summed E-state index contributed by atoms with van der Waals surface area (Å²) in [6, 6.07) is 1.90. The summed E-state index contributed by atoms with van der Waals surface area (Å²) in [5.41, 5.74) is 0. The second-order valence-electron chi connectivity index (χ2n) is 3.83. The van der Waals surface area contributed by atoms with Gasteiger partial charge in [-0.15, -0.1) is 12.3 Å². The number of terminal acetylenes is 1. The number of halogens is 1. The minimum atomic E-state index is 0.835. The molecular weight excluding hydrogens is 278 g/mol. The van der Waals surface area contributed by atoms with Crippen LogP contribution in [-0.4, -0.2) is 16.5 Å². The minimum Gasteiger partial charge on any atom is -0.370 e. The van der Waals surface area contributed by atoms with Crippen LogP contribution in [0.3, 0.4) is 0 Å². The Morgan fingerprint density at radius 1 is 1.41 bits per heavy atom. The molecule has 4 heteroatoms. The molecule has 1 aromatic heterocycles. The quantitative estimate of drug-likeness (QED) is 0.476. The largest absolute Gasteiger partial charge is 0.370 e. The number of unbranched alkanes of at least 4 members (excludes halogenated alkanes) is 2. The molecule has 0 radical (unpaired) electrons. The van der Waals surface area contributed by atoms with Crippen molar-refractivity contribution in [2.24, 2.45) is 0 Å². The van der Waals surface area contributed by atoms with Gasteiger partial charge in [0.1, 0.15) is 16.2 Å². The summed E-state index contributed by atoms with van der Waals surface area (Å²) < 4.78 is 0.835. The molecule has 0 aliphatic heterocycles. The van der Waals surface area contributed by atoms with Crippen LogP contribution in [0, 0.1) is 12.3 Å². The molecule has 0 aliphatic rings. The SMILES string of the molecule is C#CCCCCNc1cc(Br)nc(CCC)n1. The van der Waals surface area contributed by atoms with E-state index in [-0.39, 0.29) is 0 Å². The van der Waals surface area contributed by atoms with E-state index in [0.717, 1.165) is 54.9 Å². The summed E-state index contributed by atoms with van der Waals surface area (Å²) in [6.45, 7) is 3.02. The van der Waals surface area contributed by atoms with E-state index in [0.29, 0.717) is 0 Å². The molecule has 92 valence electrons. The van der Waals surface area contributed by atoms with Crippen LogP contribution < -0.4 is 5.32 Å². The van der Waals surface area contributed by atoms with Crippen LogP contribution in [0.2, 0.25) is 0 Å². The fourth-order valence-electron chi connectivity index (χ4n) is 1.46. The van der Waals surface area contributed by atoms with Gasteiger partial charge in [-0.1, -0.05) is 6.92 Å². The van der Waals surface area contributed by atoms with E-state index in [1.807, 2.05) is 6.07 Å². The van der Waals surface area contributed by atoms with E-state index in [9.17, 15) is 0 Å². The van der Waals surface area contributed by atoms with Gasteiger partial charge in [-0.3, -0.25) is 0 Å². The van der Waals surface area contributed by atoms with Crippen molar-refractivity contribution in [2.45, 2.75) is 39.0 Å². The Bertz CT molecular complexity index is 385. The Hall–Kier alpha value is -1.08. The highest BCUT2D eigenvalue weighted by Gasteiger charge is 2.01. The van der Waals surface area contributed by atoms with Crippen LogP contribution >= 0.6 is 15.9 Å². The molecule has 0 bridgehead atoms. The summed E-state index contributed by atoms with van der Waals surface area (Å²) in [5.74, 6) is 4.41. The van der Waals surface area contributed by atoms with Crippen LogP contribution in [0.5, 0.6) is 0 Å². The predicted molar refractivity (Wildman–Crippen MR) is 74.9 cm³/mol. The van der Waals surface area contributed by atoms with Gasteiger partial charge in [0.15, 0.2) is 0 Å². The lowest BCUT2D eigenvalue weighted by atomic mass is 10.2. The molecular formula is C13H18BrN3. The molecule has 1 rings (SSSR count). The first-order chi connectivity index (χ1) is 8.26. The Kier molecular flexibility index (Phi) is 6.64. The van der Waals surface area contributed by atoms with Crippen LogP contribution in [0.1, 0.15) is 38.4 Å².